The van der Waals surface area contributed by atoms with Crippen molar-refractivity contribution in [2.75, 3.05) is 7.11 Å². The smallest absolute Gasteiger partial charge is 0.355 e. The fourth-order valence-corrected chi connectivity index (χ4v) is 6.13. The molecule has 0 radical (unpaired) electrons. The third kappa shape index (κ3) is 6.81. The van der Waals surface area contributed by atoms with Gasteiger partial charge in [-0.3, -0.25) is 0 Å². The van der Waals surface area contributed by atoms with Gasteiger partial charge in [0.15, 0.2) is 6.10 Å². The average molecular weight is 550 g/mol. The lowest BCUT2D eigenvalue weighted by molar-refractivity contribution is -0.150. The zero-order valence-electron chi connectivity index (χ0n) is 23.2. The summed E-state index contributed by atoms with van der Waals surface area (Å²) in [4.78, 5) is 27.3. The summed E-state index contributed by atoms with van der Waals surface area (Å²) < 4.78 is 11.0. The molecule has 0 spiro atoms. The number of esters is 1. The second-order valence-corrected chi connectivity index (χ2v) is 11.3. The molecule has 3 rings (SSSR count). The van der Waals surface area contributed by atoms with E-state index in [-0.39, 0.29) is 30.6 Å². The predicted octanol–water partition coefficient (Wildman–Crippen LogP) is 2.29. The Kier molecular flexibility index (Phi) is 10.2. The molecule has 0 aromatic carbocycles. The van der Waals surface area contributed by atoms with Crippen molar-refractivity contribution in [1.82, 2.24) is 4.98 Å². The van der Waals surface area contributed by atoms with Crippen molar-refractivity contribution in [3.8, 4) is 0 Å². The van der Waals surface area contributed by atoms with E-state index in [0.717, 1.165) is 0 Å². The van der Waals surface area contributed by atoms with Gasteiger partial charge in [0.2, 0.25) is 0 Å². The Morgan fingerprint density at radius 2 is 1.95 bits per heavy atom. The van der Waals surface area contributed by atoms with Crippen molar-refractivity contribution in [3.63, 3.8) is 0 Å². The van der Waals surface area contributed by atoms with Crippen LogP contribution in [0.3, 0.4) is 0 Å². The van der Waals surface area contributed by atoms with E-state index in [0.29, 0.717) is 17.7 Å². The van der Waals surface area contributed by atoms with E-state index in [4.69, 9.17) is 9.47 Å². The van der Waals surface area contributed by atoms with Gasteiger partial charge in [-0.15, -0.1) is 0 Å². The third-order valence-corrected chi connectivity index (χ3v) is 8.68. The van der Waals surface area contributed by atoms with Crippen molar-refractivity contribution in [2.24, 2.45) is 29.6 Å². The summed E-state index contributed by atoms with van der Waals surface area (Å²) >= 11 is 0. The molecule has 2 aliphatic rings. The summed E-state index contributed by atoms with van der Waals surface area (Å²) in [6, 6.07) is 3.31. The van der Waals surface area contributed by atoms with Gasteiger partial charge in [-0.25, -0.2) is 9.59 Å². The molecule has 0 unspecified atom stereocenters. The number of H-pyrrole nitrogens is 1. The van der Waals surface area contributed by atoms with Crippen LogP contribution in [0.2, 0.25) is 0 Å². The predicted molar refractivity (Wildman–Crippen MR) is 143 cm³/mol. The molecule has 1 fully saturated rings. The second-order valence-electron chi connectivity index (χ2n) is 11.3. The first-order chi connectivity index (χ1) is 18.3. The van der Waals surface area contributed by atoms with E-state index in [2.05, 4.69) is 4.98 Å². The molecular formula is C29H43NO9. The molecule has 1 aromatic heterocycles. The monoisotopic (exact) mass is 549 g/mol. The highest BCUT2D eigenvalue weighted by Gasteiger charge is 2.51. The molecule has 1 saturated carbocycles. The normalized spacial score (nSPS) is 34.3. The second kappa shape index (κ2) is 12.8. The van der Waals surface area contributed by atoms with Gasteiger partial charge < -0.3 is 40.0 Å². The Hall–Kier alpha value is -2.50. The number of aliphatic hydroxyl groups is 4. The minimum absolute atomic E-state index is 0.0129. The Labute approximate surface area is 229 Å². The van der Waals surface area contributed by atoms with E-state index >= 15 is 0 Å². The fourth-order valence-electron chi connectivity index (χ4n) is 6.13. The van der Waals surface area contributed by atoms with Crippen LogP contribution in [-0.4, -0.2) is 85.7 Å². The molecule has 0 saturated heterocycles. The number of aliphatic carboxylic acids is 1. The van der Waals surface area contributed by atoms with Crippen LogP contribution in [-0.2, 0) is 14.3 Å². The first kappa shape index (κ1) is 31.0. The Morgan fingerprint density at radius 3 is 2.51 bits per heavy atom. The first-order valence-electron chi connectivity index (χ1n) is 13.5. The molecule has 11 atom stereocenters. The maximum Gasteiger partial charge on any atom is 0.355 e. The molecule has 218 valence electrons. The van der Waals surface area contributed by atoms with Gasteiger partial charge in [0.25, 0.3) is 0 Å². The SMILES string of the molecule is CO[C@@H](C[C@H]1C=C[C@@H]([C@H]2C[C@H](O)[C@@H](C)[C@H]2OC(=O)c2ccc[nH]2)C[C@]1(O)/C(C)=C/[C@@H](C)[C@H](O)[C@@H](C)O)C(=O)O. The lowest BCUT2D eigenvalue weighted by Gasteiger charge is -2.44. The summed E-state index contributed by atoms with van der Waals surface area (Å²) in [5, 5.41) is 52.7. The summed E-state index contributed by atoms with van der Waals surface area (Å²) in [6.45, 7) is 6.78. The standard InChI is InChI=1S/C29H43NO9/c1-15(25(33)18(4)31)11-16(2)29(37)14-19(8-9-20(29)12-24(38-5)27(34)35)21-13-23(32)17(3)26(21)39-28(36)22-7-6-10-30-22/h6-11,15,17-21,23-26,30-33,37H,12-14H2,1-5H3,(H,34,35)/b16-11+/t15-,17-,18-,19-,20-,21-,23+,24+,25+,26-,29+/m1/s1. The number of hydrogen-bond donors (Lipinski definition) is 6. The Bertz CT molecular complexity index is 1040. The van der Waals surface area contributed by atoms with Gasteiger partial charge in [0.05, 0.1) is 23.9 Å². The lowest BCUT2D eigenvalue weighted by Crippen LogP contribution is -2.47. The number of methoxy groups -OCH3 is 1. The highest BCUT2D eigenvalue weighted by atomic mass is 16.5. The zero-order chi connectivity index (χ0) is 29.1. The molecule has 2 aliphatic carbocycles. The molecule has 0 aliphatic heterocycles. The van der Waals surface area contributed by atoms with E-state index < -0.39 is 59.9 Å². The van der Waals surface area contributed by atoms with Gasteiger partial charge in [0, 0.05) is 37.0 Å². The third-order valence-electron chi connectivity index (χ3n) is 8.68. The first-order valence-corrected chi connectivity index (χ1v) is 13.5. The Morgan fingerprint density at radius 1 is 1.26 bits per heavy atom. The number of ether oxygens (including phenoxy) is 2. The van der Waals surface area contributed by atoms with Crippen molar-refractivity contribution >= 4 is 11.9 Å². The molecule has 39 heavy (non-hydrogen) atoms. The molecule has 6 N–H and O–H groups in total. The number of nitrogens with one attached hydrogen (secondary N) is 1. The molecule has 10 heteroatoms. The molecular weight excluding hydrogens is 506 g/mol. The molecule has 1 aromatic rings. The highest BCUT2D eigenvalue weighted by Crippen LogP contribution is 2.48. The average Bonchev–Trinajstić information content (AvgIpc) is 3.52. The quantitative estimate of drug-likeness (QED) is 0.179. The van der Waals surface area contributed by atoms with Crippen molar-refractivity contribution in [3.05, 3.63) is 47.8 Å². The molecule has 1 heterocycles. The maximum atomic E-state index is 12.8. The van der Waals surface area contributed by atoms with E-state index in [9.17, 15) is 35.1 Å². The number of aromatic nitrogens is 1. The van der Waals surface area contributed by atoms with Crippen LogP contribution in [0.15, 0.2) is 42.1 Å². The zero-order valence-corrected chi connectivity index (χ0v) is 23.2. The molecule has 0 bridgehead atoms. The number of carboxylic acid groups (broad SMARTS) is 1. The van der Waals surface area contributed by atoms with Crippen LogP contribution < -0.4 is 0 Å². The van der Waals surface area contributed by atoms with Crippen LogP contribution in [0.25, 0.3) is 0 Å². The minimum atomic E-state index is -1.51. The number of carbonyl (C=O) groups excluding carboxylic acids is 1. The Balaban J connectivity index is 1.95. The van der Waals surface area contributed by atoms with Crippen LogP contribution in [0.1, 0.15) is 57.4 Å². The van der Waals surface area contributed by atoms with Gasteiger partial charge in [-0.05, 0) is 56.7 Å². The summed E-state index contributed by atoms with van der Waals surface area (Å²) in [5.41, 5.74) is -0.675. The number of carbonyl (C=O) groups is 2. The van der Waals surface area contributed by atoms with Crippen molar-refractivity contribution < 1.29 is 44.6 Å². The van der Waals surface area contributed by atoms with E-state index in [1.807, 2.05) is 13.0 Å². The number of aliphatic hydroxyl groups excluding tert-OH is 3. The number of aromatic amines is 1. The summed E-state index contributed by atoms with van der Waals surface area (Å²) in [7, 11) is 1.31. The van der Waals surface area contributed by atoms with E-state index in [1.54, 1.807) is 44.3 Å². The van der Waals surface area contributed by atoms with E-state index in [1.165, 1.54) is 14.0 Å². The van der Waals surface area contributed by atoms with Crippen LogP contribution in [0.5, 0.6) is 0 Å². The van der Waals surface area contributed by atoms with Crippen LogP contribution in [0.4, 0.5) is 0 Å². The maximum absolute atomic E-state index is 12.8. The lowest BCUT2D eigenvalue weighted by atomic mass is 9.66. The van der Waals surface area contributed by atoms with Crippen LogP contribution in [0, 0.1) is 29.6 Å². The summed E-state index contributed by atoms with van der Waals surface area (Å²) in [5.74, 6) is -3.67. The summed E-state index contributed by atoms with van der Waals surface area (Å²) in [6.07, 6.45) is 3.14. The van der Waals surface area contributed by atoms with Gasteiger partial charge in [-0.1, -0.05) is 32.1 Å². The number of hydrogen-bond acceptors (Lipinski definition) is 8. The molecule has 10 nitrogen and oxygen atoms in total. The fraction of sp³-hybridized carbons (Fsp3) is 0.655. The van der Waals surface area contributed by atoms with Crippen molar-refractivity contribution in [2.45, 2.75) is 83.1 Å². The van der Waals surface area contributed by atoms with Crippen LogP contribution >= 0.6 is 0 Å². The number of allylic oxidation sites excluding steroid dienone is 1. The van der Waals surface area contributed by atoms with Gasteiger partial charge in [-0.2, -0.15) is 0 Å². The largest absolute Gasteiger partial charge is 0.479 e. The molecule has 0 amide bonds. The highest BCUT2D eigenvalue weighted by molar-refractivity contribution is 5.87. The van der Waals surface area contributed by atoms with Gasteiger partial charge in [0.1, 0.15) is 11.8 Å². The number of carboxylic acids is 1. The minimum Gasteiger partial charge on any atom is -0.479 e. The topological polar surface area (TPSA) is 170 Å². The number of rotatable bonds is 11. The van der Waals surface area contributed by atoms with Crippen molar-refractivity contribution in [1.29, 1.82) is 0 Å². The van der Waals surface area contributed by atoms with Gasteiger partial charge >= 0.3 is 11.9 Å².